The van der Waals surface area contributed by atoms with Crippen LogP contribution in [-0.4, -0.2) is 11.1 Å². The Hall–Kier alpha value is -0.400. The summed E-state index contributed by atoms with van der Waals surface area (Å²) in [5.41, 5.74) is 0.440. The fourth-order valence-electron chi connectivity index (χ4n) is 1.77. The summed E-state index contributed by atoms with van der Waals surface area (Å²) < 4.78 is 0. The molecule has 0 N–H and O–H groups in total. The molecule has 0 amide bonds. The van der Waals surface area contributed by atoms with Crippen LogP contribution in [-0.2, 0) is 0 Å². The summed E-state index contributed by atoms with van der Waals surface area (Å²) in [7, 11) is 0. The van der Waals surface area contributed by atoms with Gasteiger partial charge in [0, 0.05) is 0 Å². The monoisotopic (exact) mass is 138 g/mol. The molecule has 3 rings (SSSR count). The molecule has 2 heterocycles. The molecule has 0 aromatic rings. The number of rotatable bonds is 0. The van der Waals surface area contributed by atoms with Gasteiger partial charge < -0.3 is 0 Å². The van der Waals surface area contributed by atoms with E-state index in [4.69, 9.17) is 0 Å². The van der Waals surface area contributed by atoms with Crippen molar-refractivity contribution in [1.82, 2.24) is 0 Å². The van der Waals surface area contributed by atoms with Crippen molar-refractivity contribution in [2.24, 2.45) is 10.2 Å². The van der Waals surface area contributed by atoms with E-state index in [9.17, 15) is 0 Å². The first-order valence-electron chi connectivity index (χ1n) is 4.06. The zero-order chi connectivity index (χ0) is 7.24. The van der Waals surface area contributed by atoms with Crippen LogP contribution in [0.15, 0.2) is 10.2 Å². The summed E-state index contributed by atoms with van der Waals surface area (Å²) in [5, 5.41) is 8.65. The number of fused-ring (bicyclic) bond motifs is 2. The van der Waals surface area contributed by atoms with E-state index in [0.717, 1.165) is 0 Å². The SMILES string of the molecule is CC12CCC(C)(CC1)N=N2. The Bertz CT molecular complexity index is 156. The van der Waals surface area contributed by atoms with Crippen LogP contribution in [0.2, 0.25) is 0 Å². The third kappa shape index (κ3) is 0.780. The summed E-state index contributed by atoms with van der Waals surface area (Å²) in [6, 6.07) is 0. The molecule has 0 unspecified atom stereocenters. The molecule has 1 saturated carbocycles. The van der Waals surface area contributed by atoms with Gasteiger partial charge in [0.25, 0.3) is 0 Å². The first-order chi connectivity index (χ1) is 4.62. The third-order valence-corrected chi connectivity index (χ3v) is 2.94. The van der Waals surface area contributed by atoms with Crippen LogP contribution in [0.1, 0.15) is 39.5 Å². The Morgan fingerprint density at radius 3 is 1.30 bits per heavy atom. The van der Waals surface area contributed by atoms with Crippen LogP contribution in [0.5, 0.6) is 0 Å². The Morgan fingerprint density at radius 1 is 0.800 bits per heavy atom. The highest BCUT2D eigenvalue weighted by Gasteiger charge is 2.42. The molecule has 2 nitrogen and oxygen atoms in total. The molecule has 56 valence electrons. The van der Waals surface area contributed by atoms with Gasteiger partial charge >= 0.3 is 0 Å². The van der Waals surface area contributed by atoms with E-state index in [1.54, 1.807) is 0 Å². The average Bonchev–Trinajstić information content (AvgIpc) is 1.93. The first kappa shape index (κ1) is 6.32. The lowest BCUT2D eigenvalue weighted by Crippen LogP contribution is -2.41. The number of nitrogens with zero attached hydrogens (tertiary/aromatic N) is 2. The minimum atomic E-state index is 0.220. The molecule has 10 heavy (non-hydrogen) atoms. The number of hydrogen-bond acceptors (Lipinski definition) is 2. The summed E-state index contributed by atoms with van der Waals surface area (Å²) in [5.74, 6) is 0. The second-order valence-electron chi connectivity index (χ2n) is 4.19. The van der Waals surface area contributed by atoms with Gasteiger partial charge in [-0.25, -0.2) is 0 Å². The Kier molecular flexibility index (Phi) is 1.01. The van der Waals surface area contributed by atoms with Gasteiger partial charge in [0.2, 0.25) is 0 Å². The van der Waals surface area contributed by atoms with Crippen LogP contribution in [0.4, 0.5) is 0 Å². The van der Waals surface area contributed by atoms with E-state index in [-0.39, 0.29) is 11.1 Å². The molecule has 3 aliphatic rings. The van der Waals surface area contributed by atoms with Crippen molar-refractivity contribution < 1.29 is 0 Å². The van der Waals surface area contributed by atoms with Crippen molar-refractivity contribution in [2.45, 2.75) is 50.6 Å². The van der Waals surface area contributed by atoms with E-state index in [1.165, 1.54) is 25.7 Å². The highest BCUT2D eigenvalue weighted by molar-refractivity contribution is 5.01. The van der Waals surface area contributed by atoms with Crippen LogP contribution < -0.4 is 0 Å². The lowest BCUT2D eigenvalue weighted by Gasteiger charge is -2.42. The van der Waals surface area contributed by atoms with Crippen LogP contribution in [0.25, 0.3) is 0 Å². The van der Waals surface area contributed by atoms with E-state index < -0.39 is 0 Å². The van der Waals surface area contributed by atoms with Gasteiger partial charge in [-0.2, -0.15) is 10.2 Å². The summed E-state index contributed by atoms with van der Waals surface area (Å²) >= 11 is 0. The zero-order valence-electron chi connectivity index (χ0n) is 6.72. The van der Waals surface area contributed by atoms with Gasteiger partial charge in [0.15, 0.2) is 0 Å². The largest absolute Gasteiger partial charge is 0.187 e. The fourth-order valence-corrected chi connectivity index (χ4v) is 1.77. The lowest BCUT2D eigenvalue weighted by atomic mass is 9.73. The molecule has 0 radical (unpaired) electrons. The van der Waals surface area contributed by atoms with Crippen molar-refractivity contribution in [1.29, 1.82) is 0 Å². The molecule has 0 atom stereocenters. The summed E-state index contributed by atoms with van der Waals surface area (Å²) in [6.45, 7) is 4.44. The molecule has 0 aromatic carbocycles. The third-order valence-electron chi connectivity index (χ3n) is 2.94. The second-order valence-corrected chi connectivity index (χ2v) is 4.19. The lowest BCUT2D eigenvalue weighted by molar-refractivity contribution is 0.167. The topological polar surface area (TPSA) is 24.7 Å². The molecule has 0 aromatic heterocycles. The van der Waals surface area contributed by atoms with Crippen molar-refractivity contribution in [3.05, 3.63) is 0 Å². The Balaban J connectivity index is 2.33. The maximum absolute atomic E-state index is 4.33. The Labute approximate surface area is 61.7 Å². The second kappa shape index (κ2) is 1.60. The molecular weight excluding hydrogens is 124 g/mol. The van der Waals surface area contributed by atoms with Gasteiger partial charge in [-0.1, -0.05) is 0 Å². The first-order valence-corrected chi connectivity index (χ1v) is 4.06. The molecule has 1 fully saturated rings. The smallest absolute Gasteiger partial charge is 0.0790 e. The highest BCUT2D eigenvalue weighted by Crippen LogP contribution is 2.44. The van der Waals surface area contributed by atoms with Crippen LogP contribution in [0, 0.1) is 0 Å². The van der Waals surface area contributed by atoms with Crippen molar-refractivity contribution >= 4 is 0 Å². The molecule has 0 spiro atoms. The van der Waals surface area contributed by atoms with Crippen molar-refractivity contribution in [2.75, 3.05) is 0 Å². The summed E-state index contributed by atoms with van der Waals surface area (Å²) in [4.78, 5) is 0. The van der Waals surface area contributed by atoms with Gasteiger partial charge in [0.05, 0.1) is 11.1 Å². The van der Waals surface area contributed by atoms with Gasteiger partial charge in [0.1, 0.15) is 0 Å². The molecule has 2 aliphatic heterocycles. The molecule has 2 bridgehead atoms. The maximum Gasteiger partial charge on any atom is 0.0790 e. The van der Waals surface area contributed by atoms with E-state index in [0.29, 0.717) is 0 Å². The van der Waals surface area contributed by atoms with Gasteiger partial charge in [-0.05, 0) is 39.5 Å². The summed E-state index contributed by atoms with van der Waals surface area (Å²) in [6.07, 6.45) is 4.97. The van der Waals surface area contributed by atoms with Gasteiger partial charge in [-0.15, -0.1) is 0 Å². The predicted molar refractivity (Wildman–Crippen MR) is 40.1 cm³/mol. The molecule has 0 saturated heterocycles. The minimum absolute atomic E-state index is 0.220. The standard InChI is InChI=1S/C8H14N2/c1-7-3-5-8(2,6-4-7)10-9-7/h3-6H2,1-2H3. The van der Waals surface area contributed by atoms with Crippen LogP contribution >= 0.6 is 0 Å². The predicted octanol–water partition coefficient (Wildman–Crippen LogP) is 2.54. The van der Waals surface area contributed by atoms with E-state index in [2.05, 4.69) is 24.1 Å². The normalized spacial score (nSPS) is 51.8. The van der Waals surface area contributed by atoms with E-state index >= 15 is 0 Å². The van der Waals surface area contributed by atoms with Crippen molar-refractivity contribution in [3.63, 3.8) is 0 Å². The van der Waals surface area contributed by atoms with Crippen molar-refractivity contribution in [3.8, 4) is 0 Å². The van der Waals surface area contributed by atoms with Crippen LogP contribution in [0.3, 0.4) is 0 Å². The quantitative estimate of drug-likeness (QED) is 0.491. The maximum atomic E-state index is 4.33. The van der Waals surface area contributed by atoms with Gasteiger partial charge in [-0.3, -0.25) is 0 Å². The minimum Gasteiger partial charge on any atom is -0.187 e. The zero-order valence-corrected chi connectivity index (χ0v) is 6.72. The number of hydrogen-bond donors (Lipinski definition) is 0. The highest BCUT2D eigenvalue weighted by atomic mass is 15.2. The Morgan fingerprint density at radius 2 is 1.10 bits per heavy atom. The molecular formula is C8H14N2. The average molecular weight is 138 g/mol. The number of azo groups is 1. The molecule has 1 aliphatic carbocycles. The fraction of sp³-hybridized carbons (Fsp3) is 1.00. The van der Waals surface area contributed by atoms with E-state index in [1.807, 2.05) is 0 Å². The molecule has 2 heteroatoms.